The Balaban J connectivity index is 2.09. The monoisotopic (exact) mass is 297 g/mol. The molecule has 0 amide bonds. The summed E-state index contributed by atoms with van der Waals surface area (Å²) in [5, 5.41) is 9.31. The summed E-state index contributed by atoms with van der Waals surface area (Å²) in [6, 6.07) is 1.46. The lowest BCUT2D eigenvalue weighted by molar-refractivity contribution is 0.0696. The topological polar surface area (TPSA) is 56.7 Å². The van der Waals surface area contributed by atoms with Gasteiger partial charge in [0, 0.05) is 37.9 Å². The van der Waals surface area contributed by atoms with E-state index in [1.165, 1.54) is 12.3 Å². The SMILES string of the molecule is CC(C)(C)N1CCN(c2ncc(C(=O)O)cc2Cl)CC1. The van der Waals surface area contributed by atoms with Gasteiger partial charge in [0.1, 0.15) is 5.82 Å². The maximum Gasteiger partial charge on any atom is 0.337 e. The van der Waals surface area contributed by atoms with Crippen LogP contribution in [0, 0.1) is 0 Å². The lowest BCUT2D eigenvalue weighted by atomic mass is 10.0. The van der Waals surface area contributed by atoms with Crippen LogP contribution in [-0.4, -0.2) is 52.7 Å². The minimum Gasteiger partial charge on any atom is -0.478 e. The molecule has 6 heteroatoms. The second kappa shape index (κ2) is 5.58. The van der Waals surface area contributed by atoms with Crippen molar-refractivity contribution in [3.63, 3.8) is 0 Å². The van der Waals surface area contributed by atoms with Gasteiger partial charge >= 0.3 is 5.97 Å². The zero-order valence-electron chi connectivity index (χ0n) is 12.1. The molecule has 0 aromatic carbocycles. The number of carboxylic acid groups (broad SMARTS) is 1. The quantitative estimate of drug-likeness (QED) is 0.908. The minimum atomic E-state index is -1.01. The number of aromatic carboxylic acids is 1. The first-order chi connectivity index (χ1) is 9.29. The second-order valence-corrected chi connectivity index (χ2v) is 6.39. The molecule has 1 aliphatic heterocycles. The van der Waals surface area contributed by atoms with E-state index in [0.29, 0.717) is 10.8 Å². The molecule has 2 heterocycles. The molecule has 5 nitrogen and oxygen atoms in total. The Morgan fingerprint density at radius 2 is 1.90 bits per heavy atom. The number of anilines is 1. The molecule has 0 bridgehead atoms. The van der Waals surface area contributed by atoms with E-state index in [2.05, 4.69) is 35.6 Å². The van der Waals surface area contributed by atoms with E-state index in [0.717, 1.165) is 26.2 Å². The predicted molar refractivity (Wildman–Crippen MR) is 79.7 cm³/mol. The van der Waals surface area contributed by atoms with Gasteiger partial charge in [0.25, 0.3) is 0 Å². The first-order valence-electron chi connectivity index (χ1n) is 6.68. The molecule has 0 spiro atoms. The molecule has 0 saturated carbocycles. The van der Waals surface area contributed by atoms with Crippen LogP contribution >= 0.6 is 11.6 Å². The third-order valence-corrected chi connectivity index (χ3v) is 3.87. The molecular weight excluding hydrogens is 278 g/mol. The molecule has 110 valence electrons. The van der Waals surface area contributed by atoms with Gasteiger partial charge in [-0.25, -0.2) is 9.78 Å². The molecule has 0 aliphatic carbocycles. The molecule has 1 aromatic heterocycles. The van der Waals surface area contributed by atoms with Gasteiger partial charge in [0.05, 0.1) is 10.6 Å². The van der Waals surface area contributed by atoms with Gasteiger partial charge < -0.3 is 10.0 Å². The molecule has 1 aromatic rings. The van der Waals surface area contributed by atoms with Crippen LogP contribution < -0.4 is 4.90 Å². The number of hydrogen-bond donors (Lipinski definition) is 1. The summed E-state index contributed by atoms with van der Waals surface area (Å²) in [5.41, 5.74) is 0.281. The maximum absolute atomic E-state index is 10.9. The molecule has 1 saturated heterocycles. The third kappa shape index (κ3) is 3.22. The highest BCUT2D eigenvalue weighted by Gasteiger charge is 2.27. The number of carboxylic acids is 1. The van der Waals surface area contributed by atoms with Crippen molar-refractivity contribution < 1.29 is 9.90 Å². The van der Waals surface area contributed by atoms with Crippen molar-refractivity contribution in [2.24, 2.45) is 0 Å². The number of rotatable bonds is 2. The van der Waals surface area contributed by atoms with Crippen LogP contribution in [0.3, 0.4) is 0 Å². The van der Waals surface area contributed by atoms with Crippen LogP contribution in [0.2, 0.25) is 5.02 Å². The first kappa shape index (κ1) is 15.1. The second-order valence-electron chi connectivity index (χ2n) is 5.98. The summed E-state index contributed by atoms with van der Waals surface area (Å²) in [5.74, 6) is -0.339. The van der Waals surface area contributed by atoms with Gasteiger partial charge in [-0.15, -0.1) is 0 Å². The van der Waals surface area contributed by atoms with Crippen molar-refractivity contribution in [2.45, 2.75) is 26.3 Å². The van der Waals surface area contributed by atoms with Crippen molar-refractivity contribution in [3.8, 4) is 0 Å². The Kier molecular flexibility index (Phi) is 4.20. The Bertz CT molecular complexity index is 506. The van der Waals surface area contributed by atoms with Crippen LogP contribution in [0.5, 0.6) is 0 Å². The number of carbonyl (C=O) groups is 1. The Labute approximate surface area is 124 Å². The van der Waals surface area contributed by atoms with E-state index < -0.39 is 5.97 Å². The van der Waals surface area contributed by atoms with Gasteiger partial charge in [0.2, 0.25) is 0 Å². The van der Waals surface area contributed by atoms with Crippen molar-refractivity contribution in [1.29, 1.82) is 0 Å². The summed E-state index contributed by atoms with van der Waals surface area (Å²) >= 11 is 6.15. The van der Waals surface area contributed by atoms with Crippen LogP contribution in [0.1, 0.15) is 31.1 Å². The summed E-state index contributed by atoms with van der Waals surface area (Å²) in [4.78, 5) is 19.6. The third-order valence-electron chi connectivity index (χ3n) is 3.60. The number of pyridine rings is 1. The maximum atomic E-state index is 10.9. The van der Waals surface area contributed by atoms with Gasteiger partial charge in [0.15, 0.2) is 0 Å². The van der Waals surface area contributed by atoms with Crippen LogP contribution in [-0.2, 0) is 0 Å². The number of nitrogens with zero attached hydrogens (tertiary/aromatic N) is 3. The molecule has 20 heavy (non-hydrogen) atoms. The van der Waals surface area contributed by atoms with Crippen LogP contribution in [0.4, 0.5) is 5.82 Å². The first-order valence-corrected chi connectivity index (χ1v) is 7.05. The minimum absolute atomic E-state index is 0.118. The van der Waals surface area contributed by atoms with E-state index in [4.69, 9.17) is 16.7 Å². The largest absolute Gasteiger partial charge is 0.478 e. The molecular formula is C14H20ClN3O2. The zero-order valence-corrected chi connectivity index (χ0v) is 12.8. The van der Waals surface area contributed by atoms with E-state index in [1.54, 1.807) is 0 Å². The van der Waals surface area contributed by atoms with E-state index in [-0.39, 0.29) is 11.1 Å². The Morgan fingerprint density at radius 3 is 2.35 bits per heavy atom. The van der Waals surface area contributed by atoms with E-state index in [1.807, 2.05) is 0 Å². The van der Waals surface area contributed by atoms with Crippen LogP contribution in [0.15, 0.2) is 12.3 Å². The highest BCUT2D eigenvalue weighted by Crippen LogP contribution is 2.26. The molecule has 0 unspecified atom stereocenters. The molecule has 1 fully saturated rings. The van der Waals surface area contributed by atoms with Crippen LogP contribution in [0.25, 0.3) is 0 Å². The Hall–Kier alpha value is -1.33. The van der Waals surface area contributed by atoms with Gasteiger partial charge in [-0.05, 0) is 26.8 Å². The summed E-state index contributed by atoms with van der Waals surface area (Å²) in [6.45, 7) is 10.2. The molecule has 2 rings (SSSR count). The fourth-order valence-corrected chi connectivity index (χ4v) is 2.66. The van der Waals surface area contributed by atoms with Crippen molar-refractivity contribution >= 4 is 23.4 Å². The highest BCUT2D eigenvalue weighted by atomic mass is 35.5. The zero-order chi connectivity index (χ0) is 14.9. The average Bonchev–Trinajstić information content (AvgIpc) is 2.37. The normalized spacial score (nSPS) is 17.3. The molecule has 0 atom stereocenters. The summed E-state index contributed by atoms with van der Waals surface area (Å²) in [7, 11) is 0. The molecule has 1 aliphatic rings. The highest BCUT2D eigenvalue weighted by molar-refractivity contribution is 6.33. The lowest BCUT2D eigenvalue weighted by Crippen LogP contribution is -2.53. The summed E-state index contributed by atoms with van der Waals surface area (Å²) < 4.78 is 0. The number of hydrogen-bond acceptors (Lipinski definition) is 4. The van der Waals surface area contributed by atoms with E-state index >= 15 is 0 Å². The number of piperazine rings is 1. The lowest BCUT2D eigenvalue weighted by Gasteiger charge is -2.42. The van der Waals surface area contributed by atoms with Gasteiger partial charge in [-0.1, -0.05) is 11.6 Å². The predicted octanol–water partition coefficient (Wildman–Crippen LogP) is 2.35. The van der Waals surface area contributed by atoms with Gasteiger partial charge in [-0.2, -0.15) is 0 Å². The smallest absolute Gasteiger partial charge is 0.337 e. The Morgan fingerprint density at radius 1 is 1.30 bits per heavy atom. The standard InChI is InChI=1S/C14H20ClN3O2/c1-14(2,3)18-6-4-17(5-7-18)12-11(15)8-10(9-16-12)13(19)20/h8-9H,4-7H2,1-3H3,(H,19,20). The average molecular weight is 298 g/mol. The van der Waals surface area contributed by atoms with E-state index in [9.17, 15) is 4.79 Å². The van der Waals surface area contributed by atoms with Crippen molar-refractivity contribution in [2.75, 3.05) is 31.1 Å². The van der Waals surface area contributed by atoms with Crippen molar-refractivity contribution in [3.05, 3.63) is 22.8 Å². The summed E-state index contributed by atoms with van der Waals surface area (Å²) in [6.07, 6.45) is 1.36. The fourth-order valence-electron chi connectivity index (χ4n) is 2.37. The number of halogens is 1. The molecule has 1 N–H and O–H groups in total. The molecule has 0 radical (unpaired) electrons. The van der Waals surface area contributed by atoms with Gasteiger partial charge in [-0.3, -0.25) is 4.90 Å². The number of aromatic nitrogens is 1. The fraction of sp³-hybridized carbons (Fsp3) is 0.571. The van der Waals surface area contributed by atoms with Crippen molar-refractivity contribution in [1.82, 2.24) is 9.88 Å².